The Morgan fingerprint density at radius 3 is 2.58 bits per heavy atom. The van der Waals surface area contributed by atoms with E-state index in [1.165, 1.54) is 18.2 Å². The number of unbranched alkanes of at least 4 members (excludes halogenated alkanes) is 3. The summed E-state index contributed by atoms with van der Waals surface area (Å²) in [6, 6.07) is 4.22. The number of nitrogens with two attached hydrogens (primary N) is 1. The van der Waals surface area contributed by atoms with Crippen molar-refractivity contribution in [3.63, 3.8) is 0 Å². The van der Waals surface area contributed by atoms with Crippen molar-refractivity contribution < 1.29 is 14.7 Å². The summed E-state index contributed by atoms with van der Waals surface area (Å²) in [4.78, 5) is 22.6. The van der Waals surface area contributed by atoms with Crippen LogP contribution in [0.25, 0.3) is 0 Å². The molecule has 4 N–H and O–H groups in total. The molecule has 0 saturated heterocycles. The number of hydrogen-bond acceptors (Lipinski definition) is 3. The van der Waals surface area contributed by atoms with E-state index < -0.39 is 5.97 Å². The number of hydrogen-bond donors (Lipinski definition) is 3. The number of nitrogen functional groups attached to an aromatic ring is 1. The van der Waals surface area contributed by atoms with E-state index in [9.17, 15) is 9.59 Å². The first-order valence-electron chi connectivity index (χ1n) is 6.47. The number of benzene rings is 1. The fraction of sp³-hybridized carbons (Fsp3) is 0.429. The van der Waals surface area contributed by atoms with Crippen LogP contribution in [0.4, 0.5) is 5.69 Å². The summed E-state index contributed by atoms with van der Waals surface area (Å²) in [6.07, 6.45) is 4.36. The minimum Gasteiger partial charge on any atom is -0.478 e. The summed E-state index contributed by atoms with van der Waals surface area (Å²) >= 11 is 0. The van der Waals surface area contributed by atoms with Gasteiger partial charge in [-0.1, -0.05) is 26.2 Å². The van der Waals surface area contributed by atoms with Gasteiger partial charge in [0.2, 0.25) is 0 Å². The maximum absolute atomic E-state index is 11.8. The predicted molar refractivity (Wildman–Crippen MR) is 74.3 cm³/mol. The van der Waals surface area contributed by atoms with Crippen molar-refractivity contribution in [3.05, 3.63) is 29.3 Å². The van der Waals surface area contributed by atoms with Gasteiger partial charge < -0.3 is 16.2 Å². The van der Waals surface area contributed by atoms with Crippen LogP contribution in [0.2, 0.25) is 0 Å². The highest BCUT2D eigenvalue weighted by Gasteiger charge is 2.11. The number of rotatable bonds is 7. The normalized spacial score (nSPS) is 10.2. The first-order chi connectivity index (χ1) is 9.06. The zero-order valence-electron chi connectivity index (χ0n) is 11.1. The molecule has 1 amide bonds. The fourth-order valence-corrected chi connectivity index (χ4v) is 1.75. The Balaban J connectivity index is 2.53. The molecule has 0 unspecified atom stereocenters. The summed E-state index contributed by atoms with van der Waals surface area (Å²) in [5, 5.41) is 11.6. The lowest BCUT2D eigenvalue weighted by atomic mass is 10.1. The molecule has 1 aromatic carbocycles. The van der Waals surface area contributed by atoms with Gasteiger partial charge in [-0.15, -0.1) is 0 Å². The highest BCUT2D eigenvalue weighted by atomic mass is 16.4. The molecule has 1 rings (SSSR count). The van der Waals surface area contributed by atoms with Crippen molar-refractivity contribution in [2.75, 3.05) is 12.3 Å². The predicted octanol–water partition coefficient (Wildman–Crippen LogP) is 2.28. The molecule has 0 bridgehead atoms. The second kappa shape index (κ2) is 7.41. The maximum atomic E-state index is 11.8. The number of carboxylic acid groups (broad SMARTS) is 1. The van der Waals surface area contributed by atoms with Crippen LogP contribution in [-0.2, 0) is 0 Å². The zero-order chi connectivity index (χ0) is 14.3. The van der Waals surface area contributed by atoms with Crippen molar-refractivity contribution in [2.24, 2.45) is 0 Å². The highest BCUT2D eigenvalue weighted by Crippen LogP contribution is 2.14. The van der Waals surface area contributed by atoms with Gasteiger partial charge in [0.05, 0.1) is 5.56 Å². The van der Waals surface area contributed by atoms with Gasteiger partial charge in [-0.05, 0) is 24.6 Å². The van der Waals surface area contributed by atoms with Gasteiger partial charge in [0.15, 0.2) is 0 Å². The minimum atomic E-state index is -1.09. The van der Waals surface area contributed by atoms with Gasteiger partial charge in [-0.2, -0.15) is 0 Å². The second-order valence-electron chi connectivity index (χ2n) is 4.42. The third-order valence-corrected chi connectivity index (χ3v) is 2.86. The summed E-state index contributed by atoms with van der Waals surface area (Å²) in [6.45, 7) is 2.75. The number of carbonyl (C=O) groups excluding carboxylic acids is 1. The SMILES string of the molecule is CCCCCCNC(=O)c1ccc(C(=O)O)c(N)c1. The van der Waals surface area contributed by atoms with Crippen molar-refractivity contribution in [2.45, 2.75) is 32.6 Å². The first kappa shape index (κ1) is 15.0. The molecule has 0 radical (unpaired) electrons. The Kier molecular flexibility index (Phi) is 5.85. The van der Waals surface area contributed by atoms with Gasteiger partial charge in [0.1, 0.15) is 0 Å². The van der Waals surface area contributed by atoms with Crippen LogP contribution in [0.1, 0.15) is 53.3 Å². The van der Waals surface area contributed by atoms with Crippen LogP contribution in [-0.4, -0.2) is 23.5 Å². The molecule has 19 heavy (non-hydrogen) atoms. The topological polar surface area (TPSA) is 92.4 Å². The van der Waals surface area contributed by atoms with Crippen LogP contribution in [0.15, 0.2) is 18.2 Å². The molecule has 0 heterocycles. The summed E-state index contributed by atoms with van der Waals surface area (Å²) < 4.78 is 0. The highest BCUT2D eigenvalue weighted by molar-refractivity contribution is 5.99. The Hall–Kier alpha value is -2.04. The van der Waals surface area contributed by atoms with Gasteiger partial charge in [-0.3, -0.25) is 4.79 Å². The first-order valence-corrected chi connectivity index (χ1v) is 6.47. The van der Waals surface area contributed by atoms with E-state index in [2.05, 4.69) is 12.2 Å². The van der Waals surface area contributed by atoms with Crippen molar-refractivity contribution >= 4 is 17.6 Å². The number of anilines is 1. The Morgan fingerprint density at radius 1 is 1.26 bits per heavy atom. The smallest absolute Gasteiger partial charge is 0.337 e. The molecular formula is C14H20N2O3. The largest absolute Gasteiger partial charge is 0.478 e. The van der Waals surface area contributed by atoms with Gasteiger partial charge in [-0.25, -0.2) is 4.79 Å². The summed E-state index contributed by atoms with van der Waals surface area (Å²) in [7, 11) is 0. The minimum absolute atomic E-state index is 0.0134. The molecule has 0 aliphatic rings. The quantitative estimate of drug-likeness (QED) is 0.520. The van der Waals surface area contributed by atoms with Gasteiger partial charge in [0, 0.05) is 17.8 Å². The molecule has 0 atom stereocenters. The maximum Gasteiger partial charge on any atom is 0.337 e. The molecule has 0 aliphatic carbocycles. The average molecular weight is 264 g/mol. The monoisotopic (exact) mass is 264 g/mol. The molecule has 5 nitrogen and oxygen atoms in total. The lowest BCUT2D eigenvalue weighted by Crippen LogP contribution is -2.24. The molecule has 5 heteroatoms. The molecule has 0 fully saturated rings. The molecule has 104 valence electrons. The zero-order valence-corrected chi connectivity index (χ0v) is 11.1. The molecule has 0 spiro atoms. The van der Waals surface area contributed by atoms with Crippen LogP contribution in [0, 0.1) is 0 Å². The van der Waals surface area contributed by atoms with E-state index in [0.717, 1.165) is 25.7 Å². The average Bonchev–Trinajstić information content (AvgIpc) is 2.37. The van der Waals surface area contributed by atoms with E-state index in [0.29, 0.717) is 12.1 Å². The molecule has 0 saturated carbocycles. The molecule has 1 aromatic rings. The van der Waals surface area contributed by atoms with Crippen LogP contribution < -0.4 is 11.1 Å². The van der Waals surface area contributed by atoms with Gasteiger partial charge >= 0.3 is 5.97 Å². The van der Waals surface area contributed by atoms with Crippen LogP contribution in [0.5, 0.6) is 0 Å². The number of amides is 1. The van der Waals surface area contributed by atoms with E-state index in [1.807, 2.05) is 0 Å². The van der Waals surface area contributed by atoms with Crippen molar-refractivity contribution in [1.29, 1.82) is 0 Å². The molecular weight excluding hydrogens is 244 g/mol. The second-order valence-corrected chi connectivity index (χ2v) is 4.42. The molecule has 0 aromatic heterocycles. The Bertz CT molecular complexity index is 458. The lowest BCUT2D eigenvalue weighted by Gasteiger charge is -2.07. The van der Waals surface area contributed by atoms with Crippen LogP contribution >= 0.6 is 0 Å². The van der Waals surface area contributed by atoms with E-state index in [1.54, 1.807) is 0 Å². The van der Waals surface area contributed by atoms with E-state index in [-0.39, 0.29) is 17.2 Å². The van der Waals surface area contributed by atoms with Crippen molar-refractivity contribution in [3.8, 4) is 0 Å². The molecule has 0 aliphatic heterocycles. The van der Waals surface area contributed by atoms with Crippen LogP contribution in [0.3, 0.4) is 0 Å². The Labute approximate surface area is 112 Å². The van der Waals surface area contributed by atoms with Crippen molar-refractivity contribution in [1.82, 2.24) is 5.32 Å². The van der Waals surface area contributed by atoms with Gasteiger partial charge in [0.25, 0.3) is 5.91 Å². The number of nitrogens with one attached hydrogen (secondary N) is 1. The number of carboxylic acids is 1. The summed E-state index contributed by atoms with van der Waals surface area (Å²) in [5.41, 5.74) is 6.10. The standard InChI is InChI=1S/C14H20N2O3/c1-2-3-4-5-8-16-13(17)10-6-7-11(14(18)19)12(15)9-10/h6-7,9H,2-5,8,15H2,1H3,(H,16,17)(H,18,19). The lowest BCUT2D eigenvalue weighted by molar-refractivity contribution is 0.0697. The Morgan fingerprint density at radius 2 is 2.00 bits per heavy atom. The number of carbonyl (C=O) groups is 2. The van der Waals surface area contributed by atoms with E-state index in [4.69, 9.17) is 10.8 Å². The third-order valence-electron chi connectivity index (χ3n) is 2.86. The number of aromatic carboxylic acids is 1. The van der Waals surface area contributed by atoms with E-state index >= 15 is 0 Å². The third kappa shape index (κ3) is 4.62. The fourth-order valence-electron chi connectivity index (χ4n) is 1.75. The summed E-state index contributed by atoms with van der Waals surface area (Å²) in [5.74, 6) is -1.32.